The first-order chi connectivity index (χ1) is 10.0. The lowest BCUT2D eigenvalue weighted by Gasteiger charge is -2.07. The number of aromatic carboxylic acids is 1. The van der Waals surface area contributed by atoms with Crippen molar-refractivity contribution in [1.82, 2.24) is 15.1 Å². The summed E-state index contributed by atoms with van der Waals surface area (Å²) < 4.78 is 1.70. The smallest absolute Gasteiger partial charge is 0.335 e. The van der Waals surface area contributed by atoms with Crippen molar-refractivity contribution in [2.75, 3.05) is 11.9 Å². The van der Waals surface area contributed by atoms with Crippen LogP contribution in [0.3, 0.4) is 0 Å². The Kier molecular flexibility index (Phi) is 4.55. The van der Waals surface area contributed by atoms with E-state index in [2.05, 4.69) is 15.7 Å². The van der Waals surface area contributed by atoms with Crippen LogP contribution in [0, 0.1) is 0 Å². The summed E-state index contributed by atoms with van der Waals surface area (Å²) in [4.78, 5) is 22.5. The van der Waals surface area contributed by atoms with Gasteiger partial charge in [-0.05, 0) is 30.2 Å². The van der Waals surface area contributed by atoms with E-state index in [4.69, 9.17) is 5.11 Å². The fourth-order valence-corrected chi connectivity index (χ4v) is 1.83. The second kappa shape index (κ2) is 6.56. The van der Waals surface area contributed by atoms with E-state index in [1.807, 2.05) is 13.2 Å². The Balaban J connectivity index is 1.81. The number of anilines is 1. The first-order valence-electron chi connectivity index (χ1n) is 6.40. The highest BCUT2D eigenvalue weighted by Crippen LogP contribution is 2.10. The summed E-state index contributed by atoms with van der Waals surface area (Å²) in [6.45, 7) is 0.468. The van der Waals surface area contributed by atoms with Crippen LogP contribution in [0.2, 0.25) is 0 Å². The molecular formula is C14H16N4O3. The van der Waals surface area contributed by atoms with E-state index >= 15 is 0 Å². The predicted molar refractivity (Wildman–Crippen MR) is 77.3 cm³/mol. The topological polar surface area (TPSA) is 96.2 Å². The Hall–Kier alpha value is -2.83. The van der Waals surface area contributed by atoms with Gasteiger partial charge in [0.25, 0.3) is 0 Å². The maximum Gasteiger partial charge on any atom is 0.335 e. The Labute approximate surface area is 121 Å². The van der Waals surface area contributed by atoms with Crippen LogP contribution in [-0.2, 0) is 13.5 Å². The van der Waals surface area contributed by atoms with Gasteiger partial charge in [0.15, 0.2) is 0 Å². The number of amides is 2. The zero-order valence-corrected chi connectivity index (χ0v) is 11.5. The van der Waals surface area contributed by atoms with Gasteiger partial charge < -0.3 is 15.7 Å². The number of hydrogen-bond acceptors (Lipinski definition) is 3. The Morgan fingerprint density at radius 2 is 2.19 bits per heavy atom. The van der Waals surface area contributed by atoms with Crippen molar-refractivity contribution in [3.05, 3.63) is 47.8 Å². The highest BCUT2D eigenvalue weighted by molar-refractivity contribution is 5.93. The number of carboxylic acid groups (broad SMARTS) is 1. The van der Waals surface area contributed by atoms with Gasteiger partial charge >= 0.3 is 12.0 Å². The van der Waals surface area contributed by atoms with Gasteiger partial charge in [-0.1, -0.05) is 6.07 Å². The van der Waals surface area contributed by atoms with Crippen molar-refractivity contribution in [3.8, 4) is 0 Å². The number of aryl methyl sites for hydroxylation is 1. The molecule has 0 radical (unpaired) electrons. The van der Waals surface area contributed by atoms with Crippen LogP contribution in [0.1, 0.15) is 15.9 Å². The summed E-state index contributed by atoms with van der Waals surface area (Å²) >= 11 is 0. The molecule has 7 heteroatoms. The molecule has 0 spiro atoms. The highest BCUT2D eigenvalue weighted by atomic mass is 16.4. The molecule has 0 saturated carbocycles. The van der Waals surface area contributed by atoms with Gasteiger partial charge in [0.05, 0.1) is 11.8 Å². The van der Waals surface area contributed by atoms with E-state index in [0.29, 0.717) is 18.7 Å². The van der Waals surface area contributed by atoms with Gasteiger partial charge in [0.2, 0.25) is 0 Å². The van der Waals surface area contributed by atoms with Gasteiger partial charge in [0.1, 0.15) is 0 Å². The van der Waals surface area contributed by atoms with Crippen LogP contribution in [-0.4, -0.2) is 33.4 Å². The number of rotatable bonds is 5. The Morgan fingerprint density at radius 3 is 2.86 bits per heavy atom. The minimum absolute atomic E-state index is 0.128. The van der Waals surface area contributed by atoms with Gasteiger partial charge in [-0.3, -0.25) is 4.68 Å². The standard InChI is InChI=1S/C14H16N4O3/c1-18-9-10(8-16-18)5-6-15-14(21)17-12-4-2-3-11(7-12)13(19)20/h2-4,7-9H,5-6H2,1H3,(H,19,20)(H2,15,17,21). The molecule has 0 atom stereocenters. The molecule has 0 unspecified atom stereocenters. The average molecular weight is 288 g/mol. The van der Waals surface area contributed by atoms with Crippen LogP contribution >= 0.6 is 0 Å². The van der Waals surface area contributed by atoms with Crippen molar-refractivity contribution in [3.63, 3.8) is 0 Å². The van der Waals surface area contributed by atoms with Crippen molar-refractivity contribution in [1.29, 1.82) is 0 Å². The summed E-state index contributed by atoms with van der Waals surface area (Å²) in [6.07, 6.45) is 4.31. The number of carboxylic acids is 1. The highest BCUT2D eigenvalue weighted by Gasteiger charge is 2.06. The minimum Gasteiger partial charge on any atom is -0.478 e. The number of benzene rings is 1. The third-order valence-corrected chi connectivity index (χ3v) is 2.82. The maximum absolute atomic E-state index is 11.7. The molecule has 1 heterocycles. The monoisotopic (exact) mass is 288 g/mol. The summed E-state index contributed by atoms with van der Waals surface area (Å²) in [6, 6.07) is 5.71. The first kappa shape index (κ1) is 14.6. The molecule has 2 aromatic rings. The Morgan fingerprint density at radius 1 is 1.38 bits per heavy atom. The molecule has 0 fully saturated rings. The van der Waals surface area contributed by atoms with Crippen LogP contribution in [0.15, 0.2) is 36.7 Å². The van der Waals surface area contributed by atoms with E-state index in [-0.39, 0.29) is 11.6 Å². The summed E-state index contributed by atoms with van der Waals surface area (Å²) in [5.41, 5.74) is 1.60. The maximum atomic E-state index is 11.7. The molecule has 0 aliphatic carbocycles. The molecule has 3 N–H and O–H groups in total. The van der Waals surface area contributed by atoms with Gasteiger partial charge in [-0.25, -0.2) is 9.59 Å². The molecule has 0 saturated heterocycles. The van der Waals surface area contributed by atoms with Gasteiger partial charge in [0, 0.05) is 25.5 Å². The molecular weight excluding hydrogens is 272 g/mol. The number of nitrogens with one attached hydrogen (secondary N) is 2. The van der Waals surface area contributed by atoms with Gasteiger partial charge in [-0.2, -0.15) is 5.10 Å². The van der Waals surface area contributed by atoms with Gasteiger partial charge in [-0.15, -0.1) is 0 Å². The molecule has 7 nitrogen and oxygen atoms in total. The summed E-state index contributed by atoms with van der Waals surface area (Å²) in [7, 11) is 1.83. The van der Waals surface area contributed by atoms with E-state index < -0.39 is 5.97 Å². The quantitative estimate of drug-likeness (QED) is 0.776. The lowest BCUT2D eigenvalue weighted by atomic mass is 10.2. The number of urea groups is 1. The molecule has 2 amide bonds. The zero-order valence-electron chi connectivity index (χ0n) is 11.5. The number of carbonyl (C=O) groups is 2. The fraction of sp³-hybridized carbons (Fsp3) is 0.214. The first-order valence-corrected chi connectivity index (χ1v) is 6.40. The van der Waals surface area contributed by atoms with E-state index in [1.165, 1.54) is 12.1 Å². The number of carbonyl (C=O) groups excluding carboxylic acids is 1. The average Bonchev–Trinajstić information content (AvgIpc) is 2.84. The number of aromatic nitrogens is 2. The second-order valence-corrected chi connectivity index (χ2v) is 4.54. The van der Waals surface area contributed by atoms with Crippen LogP contribution < -0.4 is 10.6 Å². The van der Waals surface area contributed by atoms with E-state index in [9.17, 15) is 9.59 Å². The van der Waals surface area contributed by atoms with Crippen molar-refractivity contribution in [2.45, 2.75) is 6.42 Å². The molecule has 0 bridgehead atoms. The molecule has 0 aliphatic heterocycles. The third-order valence-electron chi connectivity index (χ3n) is 2.82. The molecule has 0 aliphatic rings. The summed E-state index contributed by atoms with van der Waals surface area (Å²) in [5, 5.41) is 18.2. The predicted octanol–water partition coefficient (Wildman–Crippen LogP) is 1.48. The molecule has 21 heavy (non-hydrogen) atoms. The van der Waals surface area contributed by atoms with Crippen LogP contribution in [0.25, 0.3) is 0 Å². The fourth-order valence-electron chi connectivity index (χ4n) is 1.83. The van der Waals surface area contributed by atoms with Crippen molar-refractivity contribution in [2.24, 2.45) is 7.05 Å². The van der Waals surface area contributed by atoms with Crippen molar-refractivity contribution < 1.29 is 14.7 Å². The van der Waals surface area contributed by atoms with Crippen molar-refractivity contribution >= 4 is 17.7 Å². The second-order valence-electron chi connectivity index (χ2n) is 4.54. The molecule has 2 rings (SSSR count). The number of nitrogens with zero attached hydrogens (tertiary/aromatic N) is 2. The minimum atomic E-state index is -1.03. The van der Waals surface area contributed by atoms with Crippen LogP contribution in [0.4, 0.5) is 10.5 Å². The number of hydrogen-bond donors (Lipinski definition) is 3. The summed E-state index contributed by atoms with van der Waals surface area (Å²) in [5.74, 6) is -1.03. The van der Waals surface area contributed by atoms with Crippen LogP contribution in [0.5, 0.6) is 0 Å². The molecule has 1 aromatic carbocycles. The zero-order chi connectivity index (χ0) is 15.2. The lowest BCUT2D eigenvalue weighted by molar-refractivity contribution is 0.0697. The normalized spacial score (nSPS) is 10.1. The third kappa shape index (κ3) is 4.34. The lowest BCUT2D eigenvalue weighted by Crippen LogP contribution is -2.30. The molecule has 1 aromatic heterocycles. The molecule has 110 valence electrons. The van der Waals surface area contributed by atoms with E-state index in [1.54, 1.807) is 23.0 Å². The SMILES string of the molecule is Cn1cc(CCNC(=O)Nc2cccc(C(=O)O)c2)cn1. The largest absolute Gasteiger partial charge is 0.478 e. The van der Waals surface area contributed by atoms with E-state index in [0.717, 1.165) is 5.56 Å². The Bertz CT molecular complexity index is 651.